The second-order valence-electron chi connectivity index (χ2n) is 6.25. The van der Waals surface area contributed by atoms with E-state index in [0.29, 0.717) is 0 Å². The van der Waals surface area contributed by atoms with Crippen molar-refractivity contribution in [2.45, 2.75) is 18.4 Å². The number of carbonyl (C=O) groups is 1. The Balaban J connectivity index is 1.73. The summed E-state index contributed by atoms with van der Waals surface area (Å²) in [5, 5.41) is 9.36. The van der Waals surface area contributed by atoms with Crippen molar-refractivity contribution in [3.63, 3.8) is 0 Å². The van der Waals surface area contributed by atoms with Crippen LogP contribution in [0.3, 0.4) is 0 Å². The van der Waals surface area contributed by atoms with Crippen LogP contribution in [0.25, 0.3) is 0 Å². The number of nitrogens with zero attached hydrogens (tertiary/aromatic N) is 2. The van der Waals surface area contributed by atoms with Gasteiger partial charge in [0.25, 0.3) is 0 Å². The number of hydrogen-bond donors (Lipinski definition) is 1. The molecule has 5 heteroatoms. The highest BCUT2D eigenvalue weighted by Gasteiger charge is 2.45. The molecule has 2 aliphatic rings. The van der Waals surface area contributed by atoms with Crippen molar-refractivity contribution in [2.24, 2.45) is 0 Å². The molecule has 2 heterocycles. The third kappa shape index (κ3) is 2.36. The number of anilines is 2. The molecule has 0 aliphatic carbocycles. The minimum absolute atomic E-state index is 0.0268. The van der Waals surface area contributed by atoms with Crippen LogP contribution in [-0.4, -0.2) is 35.2 Å². The quantitative estimate of drug-likeness (QED) is 0.870. The zero-order valence-electron chi connectivity index (χ0n) is 13.1. The average molecular weight is 338 g/mol. The zero-order chi connectivity index (χ0) is 16.7. The smallest absolute Gasteiger partial charge is 0.323 e. The highest BCUT2D eigenvalue weighted by molar-refractivity contribution is 7.80. The fourth-order valence-electron chi connectivity index (χ4n) is 3.95. The number of carboxylic acids is 1. The molecule has 1 N–H and O–H groups in total. The van der Waals surface area contributed by atoms with Crippen LogP contribution < -0.4 is 9.80 Å². The van der Waals surface area contributed by atoms with E-state index in [9.17, 15) is 9.90 Å². The predicted molar refractivity (Wildman–Crippen MR) is 99.0 cm³/mol. The molecule has 0 saturated carbocycles. The Morgan fingerprint density at radius 1 is 1.12 bits per heavy atom. The van der Waals surface area contributed by atoms with Crippen LogP contribution in [0.2, 0.25) is 0 Å². The van der Waals surface area contributed by atoms with Gasteiger partial charge < -0.3 is 14.9 Å². The fourth-order valence-corrected chi connectivity index (χ4v) is 4.44. The predicted octanol–water partition coefficient (Wildman–Crippen LogP) is 3.28. The molecule has 2 aromatic carbocycles. The van der Waals surface area contributed by atoms with Crippen molar-refractivity contribution in [1.29, 1.82) is 0 Å². The number of fused-ring (bicyclic) bond motifs is 3. The van der Waals surface area contributed by atoms with Gasteiger partial charge in [0.15, 0.2) is 0 Å². The molecule has 0 radical (unpaired) electrons. The molecule has 2 atom stereocenters. The van der Waals surface area contributed by atoms with E-state index in [-0.39, 0.29) is 18.5 Å². The molecule has 4 nitrogen and oxygen atoms in total. The van der Waals surface area contributed by atoms with Gasteiger partial charge in [0.2, 0.25) is 0 Å². The van der Waals surface area contributed by atoms with Crippen LogP contribution in [0.5, 0.6) is 0 Å². The van der Waals surface area contributed by atoms with Crippen LogP contribution in [-0.2, 0) is 4.79 Å². The lowest BCUT2D eigenvalue weighted by molar-refractivity contribution is -0.135. The molecule has 2 unspecified atom stereocenters. The molecular formula is C19H18N2O2S. The first-order valence-corrected chi connectivity index (χ1v) is 8.51. The van der Waals surface area contributed by atoms with Crippen LogP contribution in [0.1, 0.15) is 17.9 Å². The summed E-state index contributed by atoms with van der Waals surface area (Å²) in [6.07, 6.45) is 0.965. The SMILES string of the molecule is O=C(O)CN1c2ccccc2C2CCN(c3ccccc3)C(=S)C21. The summed E-state index contributed by atoms with van der Waals surface area (Å²) in [7, 11) is 0. The van der Waals surface area contributed by atoms with Gasteiger partial charge >= 0.3 is 5.97 Å². The van der Waals surface area contributed by atoms with Crippen LogP contribution >= 0.6 is 12.2 Å². The highest BCUT2D eigenvalue weighted by Crippen LogP contribution is 2.46. The Hall–Kier alpha value is -2.40. The van der Waals surface area contributed by atoms with Crippen molar-refractivity contribution < 1.29 is 9.90 Å². The lowest BCUT2D eigenvalue weighted by Crippen LogP contribution is -2.53. The fraction of sp³-hybridized carbons (Fsp3) is 0.263. The molecule has 0 spiro atoms. The summed E-state index contributed by atoms with van der Waals surface area (Å²) >= 11 is 5.82. The molecule has 0 bridgehead atoms. The Bertz CT molecular complexity index is 793. The normalized spacial score (nSPS) is 22.2. The lowest BCUT2D eigenvalue weighted by Gasteiger charge is -2.40. The standard InChI is InChI=1S/C19H18N2O2S/c22-17(23)12-21-16-9-5-4-8-14(16)15-10-11-20(19(24)18(15)21)13-6-2-1-3-7-13/h1-9,15,18H,10-12H2,(H,22,23). The number of thiocarbonyl (C=S) groups is 1. The maximum Gasteiger partial charge on any atom is 0.323 e. The lowest BCUT2D eigenvalue weighted by atomic mass is 9.88. The Labute approximate surface area is 146 Å². The Morgan fingerprint density at radius 3 is 2.58 bits per heavy atom. The van der Waals surface area contributed by atoms with Gasteiger partial charge in [-0.15, -0.1) is 0 Å². The number of hydrogen-bond acceptors (Lipinski definition) is 3. The summed E-state index contributed by atoms with van der Waals surface area (Å²) in [5.74, 6) is -0.557. The maximum absolute atomic E-state index is 11.4. The van der Waals surface area contributed by atoms with E-state index >= 15 is 0 Å². The monoisotopic (exact) mass is 338 g/mol. The minimum Gasteiger partial charge on any atom is -0.480 e. The number of aliphatic carboxylic acids is 1. The molecule has 122 valence electrons. The van der Waals surface area contributed by atoms with Crippen molar-refractivity contribution in [3.05, 3.63) is 60.2 Å². The van der Waals surface area contributed by atoms with Crippen LogP contribution in [0.4, 0.5) is 11.4 Å². The minimum atomic E-state index is -0.829. The van der Waals surface area contributed by atoms with E-state index in [1.54, 1.807) is 0 Å². The van der Waals surface area contributed by atoms with E-state index in [1.807, 2.05) is 41.3 Å². The number of rotatable bonds is 3. The molecule has 4 rings (SSSR count). The molecule has 24 heavy (non-hydrogen) atoms. The van der Waals surface area contributed by atoms with Crippen molar-refractivity contribution in [3.8, 4) is 0 Å². The number of para-hydroxylation sites is 2. The first-order valence-electron chi connectivity index (χ1n) is 8.10. The van der Waals surface area contributed by atoms with Gasteiger partial charge in [-0.25, -0.2) is 0 Å². The molecular weight excluding hydrogens is 320 g/mol. The molecule has 0 aromatic heterocycles. The molecule has 1 fully saturated rings. The Kier molecular flexibility index (Phi) is 3.73. The zero-order valence-corrected chi connectivity index (χ0v) is 13.9. The van der Waals surface area contributed by atoms with Gasteiger partial charge in [-0.3, -0.25) is 4.79 Å². The summed E-state index contributed by atoms with van der Waals surface area (Å²) < 4.78 is 0. The third-order valence-corrected chi connectivity index (χ3v) is 5.38. The third-order valence-electron chi connectivity index (χ3n) is 4.92. The van der Waals surface area contributed by atoms with Gasteiger partial charge in [-0.05, 0) is 30.2 Å². The van der Waals surface area contributed by atoms with Crippen LogP contribution in [0, 0.1) is 0 Å². The summed E-state index contributed by atoms with van der Waals surface area (Å²) in [6, 6.07) is 18.1. The van der Waals surface area contributed by atoms with E-state index in [4.69, 9.17) is 12.2 Å². The van der Waals surface area contributed by atoms with E-state index in [1.165, 1.54) is 5.56 Å². The van der Waals surface area contributed by atoms with Gasteiger partial charge in [0, 0.05) is 23.8 Å². The highest BCUT2D eigenvalue weighted by atomic mass is 32.1. The topological polar surface area (TPSA) is 43.8 Å². The molecule has 1 saturated heterocycles. The van der Waals surface area contributed by atoms with E-state index < -0.39 is 5.97 Å². The maximum atomic E-state index is 11.4. The van der Waals surface area contributed by atoms with Crippen LogP contribution in [0.15, 0.2) is 54.6 Å². The van der Waals surface area contributed by atoms with Gasteiger partial charge in [0.1, 0.15) is 11.5 Å². The van der Waals surface area contributed by atoms with Gasteiger partial charge in [-0.2, -0.15) is 0 Å². The summed E-state index contributed by atoms with van der Waals surface area (Å²) in [6.45, 7) is 0.834. The van der Waals surface area contributed by atoms with E-state index in [0.717, 1.165) is 29.3 Å². The molecule has 2 aliphatic heterocycles. The van der Waals surface area contributed by atoms with Gasteiger partial charge in [0.05, 0.1) is 6.04 Å². The number of piperidine rings is 1. The number of benzene rings is 2. The van der Waals surface area contributed by atoms with Crippen molar-refractivity contribution in [2.75, 3.05) is 22.9 Å². The van der Waals surface area contributed by atoms with Gasteiger partial charge in [-0.1, -0.05) is 48.6 Å². The first kappa shape index (κ1) is 15.1. The summed E-state index contributed by atoms with van der Waals surface area (Å²) in [4.78, 5) is 16.3. The number of carboxylic acid groups (broad SMARTS) is 1. The largest absolute Gasteiger partial charge is 0.480 e. The Morgan fingerprint density at radius 2 is 1.83 bits per heavy atom. The summed E-state index contributed by atoms with van der Waals surface area (Å²) in [5.41, 5.74) is 3.30. The van der Waals surface area contributed by atoms with E-state index in [2.05, 4.69) is 23.1 Å². The van der Waals surface area contributed by atoms with Crippen molar-refractivity contribution >= 4 is 34.6 Å². The second kappa shape index (κ2) is 5.91. The first-order chi connectivity index (χ1) is 11.7. The molecule has 2 aromatic rings. The average Bonchev–Trinajstić information content (AvgIpc) is 2.91. The second-order valence-corrected chi connectivity index (χ2v) is 6.66. The molecule has 0 amide bonds. The van der Waals surface area contributed by atoms with Crippen molar-refractivity contribution in [1.82, 2.24) is 0 Å².